The summed E-state index contributed by atoms with van der Waals surface area (Å²) in [5.74, 6) is -0.996. The summed E-state index contributed by atoms with van der Waals surface area (Å²) >= 11 is 4.69. The Morgan fingerprint density at radius 1 is 1.22 bits per heavy atom. The number of aromatic nitrogens is 1. The predicted octanol–water partition coefficient (Wildman–Crippen LogP) is 3.16. The highest BCUT2D eigenvalue weighted by Gasteiger charge is 2.35. The molecule has 1 fully saturated rings. The molecule has 2 aromatic carbocycles. The van der Waals surface area contributed by atoms with E-state index in [1.54, 1.807) is 11.6 Å². The number of fused-ring (bicyclic) bond motifs is 1. The Balaban J connectivity index is 1.68. The molecule has 168 valence electrons. The molecule has 0 unspecified atom stereocenters. The summed E-state index contributed by atoms with van der Waals surface area (Å²) in [6.07, 6.45) is 1.73. The van der Waals surface area contributed by atoms with Crippen LogP contribution in [-0.2, 0) is 26.1 Å². The van der Waals surface area contributed by atoms with Crippen molar-refractivity contribution in [3.8, 4) is 0 Å². The van der Waals surface area contributed by atoms with Crippen molar-refractivity contribution in [1.29, 1.82) is 0 Å². The number of halogens is 1. The second-order valence-corrected chi connectivity index (χ2v) is 11.3. The van der Waals surface area contributed by atoms with E-state index in [1.165, 1.54) is 47.0 Å². The zero-order valence-corrected chi connectivity index (χ0v) is 20.5. The van der Waals surface area contributed by atoms with Gasteiger partial charge < -0.3 is 9.30 Å². The number of thiazole rings is 1. The molecular weight excluding hydrogens is 518 g/mol. The van der Waals surface area contributed by atoms with Gasteiger partial charge in [-0.15, -0.1) is 0 Å². The lowest BCUT2D eigenvalue weighted by atomic mass is 10.2. The van der Waals surface area contributed by atoms with E-state index in [2.05, 4.69) is 20.9 Å². The van der Waals surface area contributed by atoms with Crippen LogP contribution in [0, 0.1) is 0 Å². The first-order chi connectivity index (χ1) is 15.2. The lowest BCUT2D eigenvalue weighted by molar-refractivity contribution is -0.141. The van der Waals surface area contributed by atoms with Gasteiger partial charge in [0, 0.05) is 23.1 Å². The zero-order valence-electron chi connectivity index (χ0n) is 17.3. The molecule has 0 radical (unpaired) electrons. The Morgan fingerprint density at radius 3 is 2.53 bits per heavy atom. The first kappa shape index (κ1) is 22.8. The minimum atomic E-state index is -3.59. The fourth-order valence-electron chi connectivity index (χ4n) is 3.20. The first-order valence-corrected chi connectivity index (χ1v) is 12.8. The summed E-state index contributed by atoms with van der Waals surface area (Å²) in [6, 6.07) is 11.3. The molecule has 1 aliphatic rings. The number of methoxy groups -OCH3 is 1. The van der Waals surface area contributed by atoms with E-state index >= 15 is 0 Å². The Bertz CT molecular complexity index is 1370. The maximum atomic E-state index is 12.8. The second-order valence-electron chi connectivity index (χ2n) is 7.35. The largest absolute Gasteiger partial charge is 0.468 e. The van der Waals surface area contributed by atoms with Gasteiger partial charge in [-0.05, 0) is 55.3 Å². The Labute approximate surface area is 197 Å². The van der Waals surface area contributed by atoms with Gasteiger partial charge in [-0.2, -0.15) is 9.30 Å². The smallest absolute Gasteiger partial charge is 0.325 e. The number of ether oxygens (including phenoxy) is 1. The van der Waals surface area contributed by atoms with Crippen LogP contribution in [0.3, 0.4) is 0 Å². The van der Waals surface area contributed by atoms with Crippen LogP contribution in [0.4, 0.5) is 0 Å². The van der Waals surface area contributed by atoms with E-state index in [4.69, 9.17) is 4.74 Å². The Morgan fingerprint density at radius 2 is 1.91 bits per heavy atom. The molecule has 0 bridgehead atoms. The minimum Gasteiger partial charge on any atom is -0.468 e. The summed E-state index contributed by atoms with van der Waals surface area (Å²) in [5, 5.41) is 0. The molecule has 4 rings (SSSR count). The standard InChI is InChI=1S/C21H20BrN3O5S2/c1-24(15-6-7-15)32(28,29)16-8-3-13(4-9-16)20(27)23-21-25(12-19(26)30-2)17-10-5-14(22)11-18(17)31-21/h3-5,8-11,15H,6-7,12H2,1-2H3. The fourth-order valence-corrected chi connectivity index (χ4v) is 6.20. The molecule has 1 heterocycles. The van der Waals surface area contributed by atoms with Gasteiger partial charge in [-0.25, -0.2) is 8.42 Å². The van der Waals surface area contributed by atoms with E-state index in [1.807, 2.05) is 18.2 Å². The van der Waals surface area contributed by atoms with Gasteiger partial charge in [-0.3, -0.25) is 9.59 Å². The van der Waals surface area contributed by atoms with Crippen LogP contribution in [0.2, 0.25) is 0 Å². The number of carbonyl (C=O) groups is 2. The summed E-state index contributed by atoms with van der Waals surface area (Å²) < 4.78 is 34.8. The zero-order chi connectivity index (χ0) is 23.0. The van der Waals surface area contributed by atoms with E-state index in [0.717, 1.165) is 27.5 Å². The molecule has 0 saturated heterocycles. The van der Waals surface area contributed by atoms with Gasteiger partial charge >= 0.3 is 5.97 Å². The lowest BCUT2D eigenvalue weighted by Crippen LogP contribution is -2.28. The molecule has 11 heteroatoms. The number of esters is 1. The van der Waals surface area contributed by atoms with Gasteiger partial charge in [0.15, 0.2) is 4.80 Å². The molecule has 1 saturated carbocycles. The highest BCUT2D eigenvalue weighted by atomic mass is 79.9. The van der Waals surface area contributed by atoms with Crippen molar-refractivity contribution < 1.29 is 22.7 Å². The van der Waals surface area contributed by atoms with Crippen molar-refractivity contribution in [2.75, 3.05) is 14.2 Å². The molecule has 0 N–H and O–H groups in total. The average molecular weight is 538 g/mol. The molecule has 3 aromatic rings. The van der Waals surface area contributed by atoms with Crippen molar-refractivity contribution in [2.24, 2.45) is 4.99 Å². The van der Waals surface area contributed by atoms with Crippen LogP contribution < -0.4 is 4.80 Å². The SMILES string of the molecule is COC(=O)Cn1c(=NC(=O)c2ccc(S(=O)(=O)N(C)C3CC3)cc2)sc2cc(Br)ccc21. The molecule has 32 heavy (non-hydrogen) atoms. The van der Waals surface area contributed by atoms with Crippen molar-refractivity contribution in [2.45, 2.75) is 30.3 Å². The van der Waals surface area contributed by atoms with E-state index in [9.17, 15) is 18.0 Å². The van der Waals surface area contributed by atoms with Gasteiger partial charge in [-0.1, -0.05) is 27.3 Å². The molecule has 1 amide bonds. The maximum Gasteiger partial charge on any atom is 0.325 e. The lowest BCUT2D eigenvalue weighted by Gasteiger charge is -2.16. The van der Waals surface area contributed by atoms with E-state index in [0.29, 0.717) is 4.80 Å². The van der Waals surface area contributed by atoms with Crippen LogP contribution >= 0.6 is 27.3 Å². The summed E-state index contributed by atoms with van der Waals surface area (Å²) in [6.45, 7) is -0.0884. The van der Waals surface area contributed by atoms with Crippen molar-refractivity contribution in [3.05, 3.63) is 57.3 Å². The average Bonchev–Trinajstić information content (AvgIpc) is 3.57. The van der Waals surface area contributed by atoms with Crippen LogP contribution in [0.15, 0.2) is 56.8 Å². The molecule has 0 aliphatic heterocycles. The van der Waals surface area contributed by atoms with Gasteiger partial charge in [0.25, 0.3) is 5.91 Å². The molecular formula is C21H20BrN3O5S2. The van der Waals surface area contributed by atoms with E-state index < -0.39 is 21.9 Å². The number of hydrogen-bond acceptors (Lipinski definition) is 6. The number of rotatable bonds is 6. The summed E-state index contributed by atoms with van der Waals surface area (Å²) in [7, 11) is -0.720. The summed E-state index contributed by atoms with van der Waals surface area (Å²) in [5.41, 5.74) is 1.00. The summed E-state index contributed by atoms with van der Waals surface area (Å²) in [4.78, 5) is 29.4. The van der Waals surface area contributed by atoms with Crippen molar-refractivity contribution >= 4 is 59.4 Å². The third kappa shape index (κ3) is 4.56. The highest BCUT2D eigenvalue weighted by Crippen LogP contribution is 2.30. The topological polar surface area (TPSA) is 98.0 Å². The molecule has 8 nitrogen and oxygen atoms in total. The van der Waals surface area contributed by atoms with Gasteiger partial charge in [0.2, 0.25) is 10.0 Å². The van der Waals surface area contributed by atoms with Crippen LogP contribution in [0.1, 0.15) is 23.2 Å². The third-order valence-corrected chi connectivity index (χ3v) is 8.65. The number of hydrogen-bond donors (Lipinski definition) is 0. The monoisotopic (exact) mass is 537 g/mol. The van der Waals surface area contributed by atoms with Crippen molar-refractivity contribution in [1.82, 2.24) is 8.87 Å². The van der Waals surface area contributed by atoms with E-state index in [-0.39, 0.29) is 23.0 Å². The fraction of sp³-hybridized carbons (Fsp3) is 0.286. The van der Waals surface area contributed by atoms with Gasteiger partial charge in [0.05, 0.1) is 22.2 Å². The molecule has 0 spiro atoms. The number of carbonyl (C=O) groups excluding carboxylic acids is 2. The van der Waals surface area contributed by atoms with Crippen LogP contribution in [0.5, 0.6) is 0 Å². The van der Waals surface area contributed by atoms with Crippen LogP contribution in [-0.4, -0.2) is 49.4 Å². The normalized spacial score (nSPS) is 14.8. The minimum absolute atomic E-state index is 0.0505. The predicted molar refractivity (Wildman–Crippen MR) is 124 cm³/mol. The highest BCUT2D eigenvalue weighted by molar-refractivity contribution is 9.10. The first-order valence-electron chi connectivity index (χ1n) is 9.73. The second kappa shape index (κ2) is 8.89. The van der Waals surface area contributed by atoms with Gasteiger partial charge in [0.1, 0.15) is 6.54 Å². The number of benzene rings is 2. The molecule has 1 aliphatic carbocycles. The third-order valence-electron chi connectivity index (χ3n) is 5.20. The Hall–Kier alpha value is -2.34. The van der Waals surface area contributed by atoms with Crippen LogP contribution in [0.25, 0.3) is 10.2 Å². The maximum absolute atomic E-state index is 12.8. The molecule has 0 atom stereocenters. The molecule has 1 aromatic heterocycles. The Kier molecular flexibility index (Phi) is 6.35. The quantitative estimate of drug-likeness (QED) is 0.450. The number of sulfonamides is 1. The number of nitrogens with zero attached hydrogens (tertiary/aromatic N) is 3. The number of amides is 1. The van der Waals surface area contributed by atoms with Crippen molar-refractivity contribution in [3.63, 3.8) is 0 Å².